The van der Waals surface area contributed by atoms with Gasteiger partial charge in [0.25, 0.3) is 10.0 Å². The summed E-state index contributed by atoms with van der Waals surface area (Å²) in [6, 6.07) is 16.6. The molecule has 0 aliphatic heterocycles. The van der Waals surface area contributed by atoms with Crippen molar-refractivity contribution in [2.45, 2.75) is 31.2 Å². The molecule has 0 unspecified atom stereocenters. The Kier molecular flexibility index (Phi) is 9.46. The first-order valence-electron chi connectivity index (χ1n) is 12.0. The van der Waals surface area contributed by atoms with Crippen LogP contribution < -0.4 is 28.6 Å². The molecule has 0 fully saturated rings. The van der Waals surface area contributed by atoms with Gasteiger partial charge in [-0.05, 0) is 43.2 Å². The van der Waals surface area contributed by atoms with Gasteiger partial charge in [-0.3, -0.25) is 9.10 Å². The van der Waals surface area contributed by atoms with Crippen molar-refractivity contribution in [2.24, 2.45) is 0 Å². The average Bonchev–Trinajstić information content (AvgIpc) is 2.94. The maximum atomic E-state index is 14.0. The number of nitrogens with zero attached hydrogens (tertiary/aromatic N) is 1. The van der Waals surface area contributed by atoms with Crippen molar-refractivity contribution < 1.29 is 32.2 Å². The molecular weight excluding hydrogens is 508 g/mol. The normalized spacial score (nSPS) is 11.8. The molecule has 0 aliphatic rings. The standard InChI is InChI=1S/C28H34N2O7S/c1-7-23(20-10-8-19(2)9-11-20)29-28(31)18-30(24-16-21(34-3)12-14-25(24)35-4)38(32,33)22-13-15-26(36-5)27(17-22)37-6/h8-17,23H,7,18H2,1-6H3,(H,29,31)/t23-/m0/s1. The highest BCUT2D eigenvalue weighted by molar-refractivity contribution is 7.92. The molecule has 1 amide bonds. The predicted molar refractivity (Wildman–Crippen MR) is 146 cm³/mol. The molecule has 0 aliphatic carbocycles. The Labute approximate surface area is 224 Å². The molecule has 3 aromatic rings. The summed E-state index contributed by atoms with van der Waals surface area (Å²) < 4.78 is 50.4. The zero-order valence-corrected chi connectivity index (χ0v) is 23.3. The van der Waals surface area contributed by atoms with Gasteiger partial charge in [-0.1, -0.05) is 36.8 Å². The fourth-order valence-electron chi connectivity index (χ4n) is 3.99. The summed E-state index contributed by atoms with van der Waals surface area (Å²) >= 11 is 0. The smallest absolute Gasteiger partial charge is 0.265 e. The van der Waals surface area contributed by atoms with Gasteiger partial charge >= 0.3 is 0 Å². The second-order valence-corrected chi connectivity index (χ2v) is 10.4. The minimum absolute atomic E-state index is 0.0848. The van der Waals surface area contributed by atoms with Crippen LogP contribution in [0.4, 0.5) is 5.69 Å². The van der Waals surface area contributed by atoms with E-state index in [1.165, 1.54) is 52.7 Å². The van der Waals surface area contributed by atoms with Gasteiger partial charge in [0, 0.05) is 12.1 Å². The van der Waals surface area contributed by atoms with E-state index in [1.54, 1.807) is 12.1 Å². The molecule has 0 heterocycles. The first-order chi connectivity index (χ1) is 18.2. The van der Waals surface area contributed by atoms with Crippen molar-refractivity contribution in [1.29, 1.82) is 0 Å². The van der Waals surface area contributed by atoms with Crippen molar-refractivity contribution in [3.05, 3.63) is 71.8 Å². The van der Waals surface area contributed by atoms with Crippen LogP contribution in [-0.4, -0.2) is 49.3 Å². The molecular formula is C28H34N2O7S. The fourth-order valence-corrected chi connectivity index (χ4v) is 5.43. The first-order valence-corrected chi connectivity index (χ1v) is 13.4. The Morgan fingerprint density at radius 1 is 0.842 bits per heavy atom. The molecule has 1 atom stereocenters. The van der Waals surface area contributed by atoms with E-state index in [0.29, 0.717) is 17.9 Å². The number of hydrogen-bond donors (Lipinski definition) is 1. The van der Waals surface area contributed by atoms with Gasteiger partial charge in [0.2, 0.25) is 5.91 Å². The summed E-state index contributed by atoms with van der Waals surface area (Å²) in [6.07, 6.45) is 0.625. The number of benzene rings is 3. The van der Waals surface area contributed by atoms with E-state index < -0.39 is 22.5 Å². The van der Waals surface area contributed by atoms with Gasteiger partial charge in [-0.2, -0.15) is 0 Å². The van der Waals surface area contributed by atoms with Crippen molar-refractivity contribution in [3.63, 3.8) is 0 Å². The summed E-state index contributed by atoms with van der Waals surface area (Å²) in [5, 5.41) is 2.97. The molecule has 3 aromatic carbocycles. The SMILES string of the molecule is CC[C@H](NC(=O)CN(c1cc(OC)ccc1OC)S(=O)(=O)c1ccc(OC)c(OC)c1)c1ccc(C)cc1. The number of hydrogen-bond acceptors (Lipinski definition) is 7. The van der Waals surface area contributed by atoms with Crippen LogP contribution in [0.1, 0.15) is 30.5 Å². The van der Waals surface area contributed by atoms with Crippen LogP contribution in [0.3, 0.4) is 0 Å². The minimum atomic E-state index is -4.28. The third kappa shape index (κ3) is 6.31. The monoisotopic (exact) mass is 542 g/mol. The molecule has 0 saturated carbocycles. The topological polar surface area (TPSA) is 103 Å². The third-order valence-electron chi connectivity index (χ3n) is 6.11. The fraction of sp³-hybridized carbons (Fsp3) is 0.321. The van der Waals surface area contributed by atoms with Crippen molar-refractivity contribution in [2.75, 3.05) is 39.3 Å². The highest BCUT2D eigenvalue weighted by atomic mass is 32.2. The lowest BCUT2D eigenvalue weighted by atomic mass is 10.0. The van der Waals surface area contributed by atoms with Crippen LogP contribution in [-0.2, 0) is 14.8 Å². The second kappa shape index (κ2) is 12.6. The number of carbonyl (C=O) groups excluding carboxylic acids is 1. The number of rotatable bonds is 12. The molecule has 0 aromatic heterocycles. The quantitative estimate of drug-likeness (QED) is 0.360. The number of sulfonamides is 1. The van der Waals surface area contributed by atoms with Crippen molar-refractivity contribution >= 4 is 21.6 Å². The third-order valence-corrected chi connectivity index (χ3v) is 7.86. The summed E-state index contributed by atoms with van der Waals surface area (Å²) in [6.45, 7) is 3.44. The maximum absolute atomic E-state index is 14.0. The minimum Gasteiger partial charge on any atom is -0.497 e. The van der Waals surface area contributed by atoms with E-state index in [0.717, 1.165) is 15.4 Å². The molecule has 0 saturated heterocycles. The zero-order chi connectivity index (χ0) is 27.9. The number of aryl methyl sites for hydroxylation is 1. The van der Waals surface area contributed by atoms with Gasteiger partial charge in [-0.15, -0.1) is 0 Å². The van der Waals surface area contributed by atoms with E-state index >= 15 is 0 Å². The number of amides is 1. The van der Waals surface area contributed by atoms with Gasteiger partial charge in [0.15, 0.2) is 11.5 Å². The molecule has 204 valence electrons. The molecule has 0 spiro atoms. The van der Waals surface area contributed by atoms with Crippen LogP contribution in [0.5, 0.6) is 23.0 Å². The Morgan fingerprint density at radius 3 is 2.05 bits per heavy atom. The molecule has 0 bridgehead atoms. The number of anilines is 1. The lowest BCUT2D eigenvalue weighted by Crippen LogP contribution is -2.42. The van der Waals surface area contributed by atoms with E-state index in [4.69, 9.17) is 18.9 Å². The first kappa shape index (κ1) is 28.6. The molecule has 0 radical (unpaired) electrons. The van der Waals surface area contributed by atoms with Gasteiger partial charge in [-0.25, -0.2) is 8.42 Å². The second-order valence-electron chi connectivity index (χ2n) is 8.51. The number of ether oxygens (including phenoxy) is 4. The van der Waals surface area contributed by atoms with Gasteiger partial charge in [0.05, 0.1) is 45.1 Å². The lowest BCUT2D eigenvalue weighted by Gasteiger charge is -2.27. The number of nitrogens with one attached hydrogen (secondary N) is 1. The average molecular weight is 543 g/mol. The Balaban J connectivity index is 2.06. The van der Waals surface area contributed by atoms with Crippen LogP contribution in [0.2, 0.25) is 0 Å². The largest absolute Gasteiger partial charge is 0.497 e. The number of methoxy groups -OCH3 is 4. The number of carbonyl (C=O) groups is 1. The highest BCUT2D eigenvalue weighted by Crippen LogP contribution is 2.37. The Morgan fingerprint density at radius 2 is 1.47 bits per heavy atom. The van der Waals surface area contributed by atoms with Gasteiger partial charge in [0.1, 0.15) is 18.0 Å². The van der Waals surface area contributed by atoms with Crippen molar-refractivity contribution in [1.82, 2.24) is 5.32 Å². The summed E-state index contributed by atoms with van der Waals surface area (Å²) in [5.74, 6) is 0.791. The molecule has 1 N–H and O–H groups in total. The summed E-state index contributed by atoms with van der Waals surface area (Å²) in [5.41, 5.74) is 2.19. The molecule has 3 rings (SSSR count). The van der Waals surface area contributed by atoms with Crippen LogP contribution >= 0.6 is 0 Å². The molecule has 38 heavy (non-hydrogen) atoms. The molecule has 10 heteroatoms. The Bertz CT molecular complexity index is 1360. The molecule has 9 nitrogen and oxygen atoms in total. The maximum Gasteiger partial charge on any atom is 0.265 e. The van der Waals surface area contributed by atoms with E-state index in [2.05, 4.69) is 5.32 Å². The van der Waals surface area contributed by atoms with E-state index in [-0.39, 0.29) is 28.1 Å². The highest BCUT2D eigenvalue weighted by Gasteiger charge is 2.31. The summed E-state index contributed by atoms with van der Waals surface area (Å²) in [4.78, 5) is 13.3. The Hall–Kier alpha value is -3.92. The van der Waals surface area contributed by atoms with Crippen LogP contribution in [0, 0.1) is 6.92 Å². The van der Waals surface area contributed by atoms with E-state index in [9.17, 15) is 13.2 Å². The zero-order valence-electron chi connectivity index (χ0n) is 22.5. The van der Waals surface area contributed by atoms with Crippen LogP contribution in [0.25, 0.3) is 0 Å². The van der Waals surface area contributed by atoms with Gasteiger partial charge < -0.3 is 24.3 Å². The van der Waals surface area contributed by atoms with Crippen LogP contribution in [0.15, 0.2) is 65.6 Å². The van der Waals surface area contributed by atoms with Crippen molar-refractivity contribution in [3.8, 4) is 23.0 Å². The summed E-state index contributed by atoms with van der Waals surface area (Å²) in [7, 11) is 1.50. The van der Waals surface area contributed by atoms with E-state index in [1.807, 2.05) is 38.1 Å². The predicted octanol–water partition coefficient (Wildman–Crippen LogP) is 4.49. The lowest BCUT2D eigenvalue weighted by molar-refractivity contribution is -0.120.